The molecular formula is C13H8Cl2F2N2. The third kappa shape index (κ3) is 2.19. The van der Waals surface area contributed by atoms with Crippen molar-refractivity contribution in [3.05, 3.63) is 45.2 Å². The number of halogens is 4. The lowest BCUT2D eigenvalue weighted by Gasteiger charge is -2.07. The summed E-state index contributed by atoms with van der Waals surface area (Å²) < 4.78 is 27.3. The Labute approximate surface area is 118 Å². The quantitative estimate of drug-likeness (QED) is 0.582. The van der Waals surface area contributed by atoms with Crippen molar-refractivity contribution in [2.45, 2.75) is 19.3 Å². The molecule has 98 valence electrons. The molecular weight excluding hydrogens is 293 g/mol. The van der Waals surface area contributed by atoms with E-state index in [1.54, 1.807) is 0 Å². The van der Waals surface area contributed by atoms with E-state index < -0.39 is 11.6 Å². The second-order valence-electron chi connectivity index (χ2n) is 4.36. The summed E-state index contributed by atoms with van der Waals surface area (Å²) >= 11 is 11.6. The molecule has 1 aromatic heterocycles. The van der Waals surface area contributed by atoms with E-state index in [-0.39, 0.29) is 16.4 Å². The Bertz CT molecular complexity index is 674. The second kappa shape index (κ2) is 4.69. The molecule has 0 fully saturated rings. The van der Waals surface area contributed by atoms with Crippen molar-refractivity contribution in [3.63, 3.8) is 0 Å². The van der Waals surface area contributed by atoms with Crippen molar-refractivity contribution in [1.29, 1.82) is 0 Å². The van der Waals surface area contributed by atoms with E-state index in [0.29, 0.717) is 5.15 Å². The normalized spacial score (nSPS) is 13.7. The molecule has 0 aliphatic heterocycles. The van der Waals surface area contributed by atoms with Crippen LogP contribution in [0.25, 0.3) is 11.4 Å². The molecule has 0 amide bonds. The highest BCUT2D eigenvalue weighted by molar-refractivity contribution is 6.31. The zero-order valence-electron chi connectivity index (χ0n) is 9.68. The molecule has 1 aromatic carbocycles. The van der Waals surface area contributed by atoms with Gasteiger partial charge in [0.05, 0.1) is 10.6 Å². The van der Waals surface area contributed by atoms with Crippen molar-refractivity contribution in [3.8, 4) is 11.4 Å². The Morgan fingerprint density at radius 1 is 1.00 bits per heavy atom. The van der Waals surface area contributed by atoms with Gasteiger partial charge in [-0.15, -0.1) is 0 Å². The van der Waals surface area contributed by atoms with Crippen LogP contribution in [0.15, 0.2) is 12.1 Å². The Morgan fingerprint density at radius 2 is 1.79 bits per heavy atom. The first-order valence-electron chi connectivity index (χ1n) is 5.76. The van der Waals surface area contributed by atoms with Gasteiger partial charge in [0.25, 0.3) is 0 Å². The van der Waals surface area contributed by atoms with E-state index in [2.05, 4.69) is 9.97 Å². The summed E-state index contributed by atoms with van der Waals surface area (Å²) in [6.07, 6.45) is 2.55. The van der Waals surface area contributed by atoms with Gasteiger partial charge in [-0.3, -0.25) is 0 Å². The fourth-order valence-corrected chi connectivity index (χ4v) is 2.64. The molecule has 19 heavy (non-hydrogen) atoms. The highest BCUT2D eigenvalue weighted by atomic mass is 35.5. The summed E-state index contributed by atoms with van der Waals surface area (Å²) in [5.74, 6) is -1.28. The summed E-state index contributed by atoms with van der Waals surface area (Å²) in [6.45, 7) is 0. The van der Waals surface area contributed by atoms with Gasteiger partial charge in [0, 0.05) is 11.3 Å². The molecule has 2 nitrogen and oxygen atoms in total. The zero-order chi connectivity index (χ0) is 13.6. The fraction of sp³-hybridized carbons (Fsp3) is 0.231. The maximum atomic E-state index is 13.8. The Balaban J connectivity index is 2.18. The largest absolute Gasteiger partial charge is 0.233 e. The first-order valence-corrected chi connectivity index (χ1v) is 6.52. The maximum Gasteiger partial charge on any atom is 0.164 e. The van der Waals surface area contributed by atoms with Crippen LogP contribution in [0, 0.1) is 11.6 Å². The van der Waals surface area contributed by atoms with Crippen molar-refractivity contribution in [2.75, 3.05) is 0 Å². The smallest absolute Gasteiger partial charge is 0.164 e. The van der Waals surface area contributed by atoms with Gasteiger partial charge in [0.15, 0.2) is 5.82 Å². The van der Waals surface area contributed by atoms with Crippen LogP contribution in [0.1, 0.15) is 17.7 Å². The standard InChI is InChI=1S/C13H8Cl2F2N2/c14-8-5-9(16)7(4-10(8)17)13-18-11-3-1-2-6(11)12(15)19-13/h4-5H,1-3H2. The van der Waals surface area contributed by atoms with Gasteiger partial charge in [-0.25, -0.2) is 18.7 Å². The van der Waals surface area contributed by atoms with Crippen LogP contribution < -0.4 is 0 Å². The highest BCUT2D eigenvalue weighted by Crippen LogP contribution is 2.31. The lowest BCUT2D eigenvalue weighted by molar-refractivity contribution is 0.602. The number of benzene rings is 1. The lowest BCUT2D eigenvalue weighted by Crippen LogP contribution is -1.99. The van der Waals surface area contributed by atoms with Gasteiger partial charge < -0.3 is 0 Å². The summed E-state index contributed by atoms with van der Waals surface area (Å²) in [4.78, 5) is 8.32. The number of aromatic nitrogens is 2. The van der Waals surface area contributed by atoms with Crippen LogP contribution in [0.3, 0.4) is 0 Å². The van der Waals surface area contributed by atoms with Crippen LogP contribution in [0.2, 0.25) is 10.2 Å². The first-order chi connectivity index (χ1) is 9.06. The predicted molar refractivity (Wildman–Crippen MR) is 69.4 cm³/mol. The molecule has 0 radical (unpaired) electrons. The van der Waals surface area contributed by atoms with Gasteiger partial charge in [0.2, 0.25) is 0 Å². The molecule has 1 heterocycles. The molecule has 6 heteroatoms. The van der Waals surface area contributed by atoms with E-state index in [9.17, 15) is 8.78 Å². The van der Waals surface area contributed by atoms with E-state index in [1.165, 1.54) is 0 Å². The fourth-order valence-electron chi connectivity index (χ4n) is 2.20. The van der Waals surface area contributed by atoms with Gasteiger partial charge >= 0.3 is 0 Å². The molecule has 1 aliphatic rings. The molecule has 0 N–H and O–H groups in total. The SMILES string of the molecule is Fc1cc(-c2nc(Cl)c3c(n2)CCC3)c(F)cc1Cl. The van der Waals surface area contributed by atoms with Crippen LogP contribution in [-0.2, 0) is 12.8 Å². The van der Waals surface area contributed by atoms with Gasteiger partial charge in [0.1, 0.15) is 16.8 Å². The molecule has 0 saturated heterocycles. The molecule has 0 unspecified atom stereocenters. The molecule has 0 bridgehead atoms. The van der Waals surface area contributed by atoms with Crippen LogP contribution >= 0.6 is 23.2 Å². The third-order valence-corrected chi connectivity index (χ3v) is 3.74. The van der Waals surface area contributed by atoms with Crippen molar-refractivity contribution >= 4 is 23.2 Å². The minimum absolute atomic E-state index is 0.0292. The molecule has 0 spiro atoms. The Hall–Kier alpha value is -1.26. The molecule has 0 saturated carbocycles. The first kappa shape index (κ1) is 12.8. The Morgan fingerprint density at radius 3 is 2.58 bits per heavy atom. The minimum atomic E-state index is -0.710. The highest BCUT2D eigenvalue weighted by Gasteiger charge is 2.20. The number of nitrogens with zero attached hydrogens (tertiary/aromatic N) is 2. The van der Waals surface area contributed by atoms with E-state index in [0.717, 1.165) is 42.7 Å². The third-order valence-electron chi connectivity index (χ3n) is 3.13. The average molecular weight is 301 g/mol. The second-order valence-corrected chi connectivity index (χ2v) is 5.13. The lowest BCUT2D eigenvalue weighted by atomic mass is 10.1. The van der Waals surface area contributed by atoms with Crippen molar-refractivity contribution < 1.29 is 8.78 Å². The number of rotatable bonds is 1. The van der Waals surface area contributed by atoms with Crippen molar-refractivity contribution in [2.24, 2.45) is 0 Å². The van der Waals surface area contributed by atoms with Crippen LogP contribution in [0.5, 0.6) is 0 Å². The molecule has 1 aliphatic carbocycles. The van der Waals surface area contributed by atoms with Crippen molar-refractivity contribution in [1.82, 2.24) is 9.97 Å². The Kier molecular flexibility index (Phi) is 3.15. The van der Waals surface area contributed by atoms with Crippen LogP contribution in [0.4, 0.5) is 8.78 Å². The molecule has 0 atom stereocenters. The number of fused-ring (bicyclic) bond motifs is 1. The van der Waals surface area contributed by atoms with E-state index in [4.69, 9.17) is 23.2 Å². The predicted octanol–water partition coefficient (Wildman–Crippen LogP) is 4.22. The van der Waals surface area contributed by atoms with Gasteiger partial charge in [-0.2, -0.15) is 0 Å². The number of hydrogen-bond acceptors (Lipinski definition) is 2. The van der Waals surface area contributed by atoms with Gasteiger partial charge in [-0.1, -0.05) is 23.2 Å². The van der Waals surface area contributed by atoms with Gasteiger partial charge in [-0.05, 0) is 31.4 Å². The molecule has 3 rings (SSSR count). The number of hydrogen-bond donors (Lipinski definition) is 0. The topological polar surface area (TPSA) is 25.8 Å². The maximum absolute atomic E-state index is 13.8. The monoisotopic (exact) mass is 300 g/mol. The van der Waals surface area contributed by atoms with Crippen LogP contribution in [-0.4, -0.2) is 9.97 Å². The van der Waals surface area contributed by atoms with E-state index >= 15 is 0 Å². The minimum Gasteiger partial charge on any atom is -0.233 e. The van der Waals surface area contributed by atoms with E-state index in [1.807, 2.05) is 0 Å². The zero-order valence-corrected chi connectivity index (χ0v) is 11.2. The summed E-state index contributed by atoms with van der Waals surface area (Å²) in [6, 6.07) is 1.90. The number of aryl methyl sites for hydroxylation is 1. The average Bonchev–Trinajstić information content (AvgIpc) is 2.82. The summed E-state index contributed by atoms with van der Waals surface area (Å²) in [5, 5.41) is 0.0424. The summed E-state index contributed by atoms with van der Waals surface area (Å²) in [7, 11) is 0. The molecule has 2 aromatic rings. The summed E-state index contributed by atoms with van der Waals surface area (Å²) in [5.41, 5.74) is 1.68.